The maximum Gasteiger partial charge on any atom is 0.257 e. The Morgan fingerprint density at radius 2 is 1.94 bits per heavy atom. The lowest BCUT2D eigenvalue weighted by atomic mass is 10.1. The van der Waals surface area contributed by atoms with Gasteiger partial charge in [-0.25, -0.2) is 0 Å². The van der Waals surface area contributed by atoms with Crippen LogP contribution in [-0.2, 0) is 6.54 Å². The molecule has 0 aliphatic carbocycles. The van der Waals surface area contributed by atoms with E-state index in [2.05, 4.69) is 43.2 Å². The van der Waals surface area contributed by atoms with Crippen LogP contribution >= 0.6 is 0 Å². The molecule has 0 unspecified atom stereocenters. The number of hydrogen-bond donors (Lipinski definition) is 2. The summed E-state index contributed by atoms with van der Waals surface area (Å²) < 4.78 is 0. The molecule has 0 radical (unpaired) electrons. The van der Waals surface area contributed by atoms with Gasteiger partial charge in [-0.05, 0) is 50.8 Å². The van der Waals surface area contributed by atoms with Gasteiger partial charge in [0.15, 0.2) is 0 Å². The van der Waals surface area contributed by atoms with Gasteiger partial charge in [-0.1, -0.05) is 12.1 Å². The third kappa shape index (κ3) is 2.99. The zero-order valence-electron chi connectivity index (χ0n) is 11.5. The van der Waals surface area contributed by atoms with Crippen LogP contribution in [0.3, 0.4) is 0 Å². The second-order valence-corrected chi connectivity index (χ2v) is 5.99. The number of hydrogen-bond acceptors (Lipinski definition) is 1. The zero-order chi connectivity index (χ0) is 13.3. The molecule has 0 fully saturated rings. The number of aryl methyl sites for hydroxylation is 1. The highest BCUT2D eigenvalue weighted by atomic mass is 16.1. The molecule has 2 aromatic rings. The average molecular weight is 245 g/mol. The molecule has 0 aliphatic rings. The monoisotopic (exact) mass is 245 g/mol. The second-order valence-electron chi connectivity index (χ2n) is 5.99. The zero-order valence-corrected chi connectivity index (χ0v) is 11.5. The van der Waals surface area contributed by atoms with E-state index >= 15 is 0 Å². The molecule has 0 spiro atoms. The summed E-state index contributed by atoms with van der Waals surface area (Å²) in [6.07, 6.45) is 0. The van der Waals surface area contributed by atoms with Crippen LogP contribution in [-0.4, -0.2) is 10.5 Å². The summed E-state index contributed by atoms with van der Waals surface area (Å²) in [5, 5.41) is 3.27. The Labute approximate surface area is 107 Å². The van der Waals surface area contributed by atoms with E-state index in [1.165, 1.54) is 0 Å². The van der Waals surface area contributed by atoms with E-state index in [9.17, 15) is 4.79 Å². The van der Waals surface area contributed by atoms with Gasteiger partial charge in [-0.15, -0.1) is 0 Å². The maximum absolute atomic E-state index is 12.0. The largest absolute Gasteiger partial charge is 0.338 e. The molecule has 0 atom stereocenters. The summed E-state index contributed by atoms with van der Waals surface area (Å²) in [4.78, 5) is 14.9. The van der Waals surface area contributed by atoms with E-state index in [-0.39, 0.29) is 11.1 Å². The van der Waals surface area contributed by atoms with Crippen molar-refractivity contribution in [3.63, 3.8) is 0 Å². The molecule has 96 valence electrons. The summed E-state index contributed by atoms with van der Waals surface area (Å²) in [6.45, 7) is 9.17. The molecular weight excluding hydrogens is 224 g/mol. The van der Waals surface area contributed by atoms with Gasteiger partial charge in [0.2, 0.25) is 0 Å². The van der Waals surface area contributed by atoms with Gasteiger partial charge < -0.3 is 10.3 Å². The predicted octanol–water partition coefficient (Wildman–Crippen LogP) is 1.70. The normalized spacial score (nSPS) is 12.0. The van der Waals surface area contributed by atoms with Crippen molar-refractivity contribution in [2.24, 2.45) is 0 Å². The number of nitrogens with one attached hydrogen (secondary N) is 1. The number of aromatic amines is 1. The van der Waals surface area contributed by atoms with Crippen molar-refractivity contribution in [2.45, 2.75) is 39.8 Å². The highest BCUT2D eigenvalue weighted by Gasteiger charge is 2.14. The molecule has 3 N–H and O–H groups in total. The van der Waals surface area contributed by atoms with Crippen LogP contribution in [0.2, 0.25) is 0 Å². The Bertz CT molecular complexity index is 620. The Balaban J connectivity index is 2.38. The number of aromatic nitrogens is 1. The minimum atomic E-state index is 0.0219. The average Bonchev–Trinajstić information content (AvgIpc) is 2.25. The first kappa shape index (κ1) is 12.8. The van der Waals surface area contributed by atoms with Gasteiger partial charge in [-0.2, -0.15) is 0 Å². The fourth-order valence-electron chi connectivity index (χ4n) is 1.93. The molecule has 2 rings (SSSR count). The molecule has 0 bridgehead atoms. The number of benzene rings is 1. The summed E-state index contributed by atoms with van der Waals surface area (Å²) in [6, 6.07) is 8.13. The molecule has 18 heavy (non-hydrogen) atoms. The second kappa shape index (κ2) is 4.58. The van der Waals surface area contributed by atoms with Crippen LogP contribution in [0, 0.1) is 6.92 Å². The molecule has 1 aromatic heterocycles. The third-order valence-corrected chi connectivity index (χ3v) is 3.01. The first-order valence-corrected chi connectivity index (χ1v) is 6.32. The first-order chi connectivity index (χ1) is 8.35. The van der Waals surface area contributed by atoms with Crippen LogP contribution in [0.25, 0.3) is 10.9 Å². The quantitative estimate of drug-likeness (QED) is 0.831. The van der Waals surface area contributed by atoms with Gasteiger partial charge in [0.1, 0.15) is 6.54 Å². The summed E-state index contributed by atoms with van der Waals surface area (Å²) in [5.74, 6) is 0. The van der Waals surface area contributed by atoms with Crippen molar-refractivity contribution >= 4 is 10.9 Å². The topological polar surface area (TPSA) is 49.5 Å². The van der Waals surface area contributed by atoms with E-state index in [0.29, 0.717) is 6.54 Å². The fourth-order valence-corrected chi connectivity index (χ4v) is 1.93. The van der Waals surface area contributed by atoms with Gasteiger partial charge in [-0.3, -0.25) is 4.79 Å². The van der Waals surface area contributed by atoms with Crippen molar-refractivity contribution in [3.8, 4) is 0 Å². The fraction of sp³-hybridized carbons (Fsp3) is 0.400. The van der Waals surface area contributed by atoms with Crippen molar-refractivity contribution in [3.05, 3.63) is 45.7 Å². The summed E-state index contributed by atoms with van der Waals surface area (Å²) >= 11 is 0. The molecule has 0 aliphatic heterocycles. The number of fused-ring (bicyclic) bond motifs is 1. The molecule has 0 saturated carbocycles. The Morgan fingerprint density at radius 1 is 1.22 bits per heavy atom. The van der Waals surface area contributed by atoms with Crippen LogP contribution in [0.1, 0.15) is 31.9 Å². The van der Waals surface area contributed by atoms with Gasteiger partial charge in [0.05, 0.1) is 11.1 Å². The van der Waals surface area contributed by atoms with Gasteiger partial charge in [0, 0.05) is 5.52 Å². The molecular formula is C15H21N2O+. The van der Waals surface area contributed by atoms with Crippen LogP contribution in [0.5, 0.6) is 0 Å². The molecule has 0 saturated heterocycles. The van der Waals surface area contributed by atoms with E-state index in [1.54, 1.807) is 0 Å². The molecule has 1 heterocycles. The first-order valence-electron chi connectivity index (χ1n) is 6.32. The third-order valence-electron chi connectivity index (χ3n) is 3.01. The lowest BCUT2D eigenvalue weighted by molar-refractivity contribution is -0.731. The highest BCUT2D eigenvalue weighted by Crippen LogP contribution is 2.12. The standard InChI is InChI=1S/C15H20N2O/c1-10-5-6-11-8-12(9-16-15(2,3)4)14(18)17-13(11)7-10/h5-8,16H,9H2,1-4H3,(H,17,18)/p+1. The molecule has 0 amide bonds. The van der Waals surface area contributed by atoms with Crippen LogP contribution in [0.4, 0.5) is 0 Å². The summed E-state index contributed by atoms with van der Waals surface area (Å²) in [5.41, 5.74) is 3.07. The Kier molecular flexibility index (Phi) is 3.26. The van der Waals surface area contributed by atoms with Crippen LogP contribution < -0.4 is 10.9 Å². The highest BCUT2D eigenvalue weighted by molar-refractivity contribution is 5.79. The SMILES string of the molecule is Cc1ccc2cc(C[NH2+]C(C)(C)C)c(=O)[nH]c2c1. The predicted molar refractivity (Wildman–Crippen MR) is 74.7 cm³/mol. The summed E-state index contributed by atoms with van der Waals surface area (Å²) in [7, 11) is 0. The lowest BCUT2D eigenvalue weighted by Crippen LogP contribution is -2.93. The van der Waals surface area contributed by atoms with Gasteiger partial charge >= 0.3 is 0 Å². The number of quaternary nitrogens is 1. The van der Waals surface area contributed by atoms with E-state index in [0.717, 1.165) is 22.0 Å². The molecule has 3 nitrogen and oxygen atoms in total. The molecule has 3 heteroatoms. The van der Waals surface area contributed by atoms with Gasteiger partial charge in [0.25, 0.3) is 5.56 Å². The van der Waals surface area contributed by atoms with Crippen molar-refractivity contribution < 1.29 is 5.32 Å². The van der Waals surface area contributed by atoms with E-state index in [1.807, 2.05) is 19.1 Å². The number of nitrogens with two attached hydrogens (primary N) is 1. The Hall–Kier alpha value is -1.61. The van der Waals surface area contributed by atoms with Crippen molar-refractivity contribution in [1.29, 1.82) is 0 Å². The van der Waals surface area contributed by atoms with E-state index < -0.39 is 0 Å². The minimum absolute atomic E-state index is 0.0219. The van der Waals surface area contributed by atoms with Crippen LogP contribution in [0.15, 0.2) is 29.1 Å². The maximum atomic E-state index is 12.0. The number of rotatable bonds is 2. The number of H-pyrrole nitrogens is 1. The van der Waals surface area contributed by atoms with Crippen molar-refractivity contribution in [2.75, 3.05) is 0 Å². The smallest absolute Gasteiger partial charge is 0.257 e. The lowest BCUT2D eigenvalue weighted by Gasteiger charge is -2.16. The van der Waals surface area contributed by atoms with Crippen molar-refractivity contribution in [1.82, 2.24) is 4.98 Å². The number of pyridine rings is 1. The minimum Gasteiger partial charge on any atom is -0.338 e. The van der Waals surface area contributed by atoms with E-state index in [4.69, 9.17) is 0 Å². The Morgan fingerprint density at radius 3 is 2.61 bits per heavy atom. The molecule has 1 aromatic carbocycles.